The molecule has 0 saturated carbocycles. The normalized spacial score (nSPS) is 10.1. The number of carboxylic acids is 1. The van der Waals surface area contributed by atoms with E-state index in [1.165, 1.54) is 6.20 Å². The van der Waals surface area contributed by atoms with Gasteiger partial charge in [0.1, 0.15) is 5.76 Å². The van der Waals surface area contributed by atoms with E-state index in [1.807, 2.05) is 6.92 Å². The summed E-state index contributed by atoms with van der Waals surface area (Å²) >= 11 is 0. The molecule has 1 N–H and O–H groups in total. The number of hydrogen-bond acceptors (Lipinski definition) is 3. The average molecular weight is 169 g/mol. The van der Waals surface area contributed by atoms with Crippen molar-refractivity contribution in [3.63, 3.8) is 0 Å². The van der Waals surface area contributed by atoms with Crippen LogP contribution in [0.2, 0.25) is 0 Å². The summed E-state index contributed by atoms with van der Waals surface area (Å²) < 4.78 is 4.89. The lowest BCUT2D eigenvalue weighted by Gasteiger charge is -1.94. The monoisotopic (exact) mass is 169 g/mol. The van der Waals surface area contributed by atoms with Gasteiger partial charge in [0.2, 0.25) is 0 Å². The van der Waals surface area contributed by atoms with E-state index in [4.69, 9.17) is 9.63 Å². The number of carboxylic acid groups (broad SMARTS) is 1. The van der Waals surface area contributed by atoms with Gasteiger partial charge in [-0.3, -0.25) is 4.79 Å². The van der Waals surface area contributed by atoms with Crippen LogP contribution in [-0.2, 0) is 17.6 Å². The molecule has 0 radical (unpaired) electrons. The second kappa shape index (κ2) is 3.90. The Morgan fingerprint density at radius 3 is 3.08 bits per heavy atom. The molecule has 0 fully saturated rings. The Balaban J connectivity index is 2.69. The number of aromatic nitrogens is 1. The first-order valence-corrected chi connectivity index (χ1v) is 3.88. The third kappa shape index (κ3) is 2.08. The molecule has 4 heteroatoms. The summed E-state index contributed by atoms with van der Waals surface area (Å²) in [6, 6.07) is 0. The molecule has 0 amide bonds. The summed E-state index contributed by atoms with van der Waals surface area (Å²) in [5, 5.41) is 12.1. The fraction of sp³-hybridized carbons (Fsp3) is 0.500. The van der Waals surface area contributed by atoms with E-state index in [1.54, 1.807) is 0 Å². The third-order valence-corrected chi connectivity index (χ3v) is 1.55. The first-order chi connectivity index (χ1) is 5.74. The van der Waals surface area contributed by atoms with Crippen molar-refractivity contribution in [3.8, 4) is 0 Å². The van der Waals surface area contributed by atoms with Crippen LogP contribution in [0.1, 0.15) is 24.7 Å². The van der Waals surface area contributed by atoms with Gasteiger partial charge in [-0.1, -0.05) is 12.1 Å². The molecule has 0 aliphatic carbocycles. The quantitative estimate of drug-likeness (QED) is 0.736. The summed E-state index contributed by atoms with van der Waals surface area (Å²) in [4.78, 5) is 10.4. The second-order valence-corrected chi connectivity index (χ2v) is 2.59. The van der Waals surface area contributed by atoms with Crippen LogP contribution in [0.15, 0.2) is 10.7 Å². The van der Waals surface area contributed by atoms with Crippen molar-refractivity contribution in [2.24, 2.45) is 0 Å². The van der Waals surface area contributed by atoms with Crippen molar-refractivity contribution >= 4 is 5.97 Å². The lowest BCUT2D eigenvalue weighted by molar-refractivity contribution is -0.136. The van der Waals surface area contributed by atoms with Gasteiger partial charge in [-0.25, -0.2) is 0 Å². The van der Waals surface area contributed by atoms with Crippen LogP contribution >= 0.6 is 0 Å². The van der Waals surface area contributed by atoms with Crippen LogP contribution in [0.3, 0.4) is 0 Å². The van der Waals surface area contributed by atoms with E-state index in [-0.39, 0.29) is 6.42 Å². The first-order valence-electron chi connectivity index (χ1n) is 3.88. The van der Waals surface area contributed by atoms with Crippen molar-refractivity contribution in [1.29, 1.82) is 0 Å². The minimum absolute atomic E-state index is 0.00116. The predicted octanol–water partition coefficient (Wildman–Crippen LogP) is 1.25. The molecule has 0 saturated heterocycles. The Labute approximate surface area is 70.2 Å². The Morgan fingerprint density at radius 1 is 1.75 bits per heavy atom. The zero-order chi connectivity index (χ0) is 8.97. The number of rotatable bonds is 4. The highest BCUT2D eigenvalue weighted by Crippen LogP contribution is 2.10. The van der Waals surface area contributed by atoms with Crippen LogP contribution in [0.4, 0.5) is 0 Å². The van der Waals surface area contributed by atoms with Gasteiger partial charge in [-0.15, -0.1) is 0 Å². The SMILES string of the molecule is CCCc1oncc1CC(=O)O. The van der Waals surface area contributed by atoms with E-state index in [2.05, 4.69) is 5.16 Å². The van der Waals surface area contributed by atoms with Crippen LogP contribution in [0, 0.1) is 0 Å². The Hall–Kier alpha value is -1.32. The maximum atomic E-state index is 10.4. The molecule has 1 aromatic heterocycles. The van der Waals surface area contributed by atoms with Gasteiger partial charge in [-0.2, -0.15) is 0 Å². The zero-order valence-corrected chi connectivity index (χ0v) is 6.91. The number of aryl methyl sites for hydroxylation is 1. The average Bonchev–Trinajstić information content (AvgIpc) is 2.37. The first kappa shape index (κ1) is 8.77. The summed E-state index contributed by atoms with van der Waals surface area (Å²) in [7, 11) is 0. The van der Waals surface area contributed by atoms with Crippen molar-refractivity contribution in [3.05, 3.63) is 17.5 Å². The van der Waals surface area contributed by atoms with Crippen molar-refractivity contribution < 1.29 is 14.4 Å². The fourth-order valence-electron chi connectivity index (χ4n) is 1.02. The van der Waals surface area contributed by atoms with Gasteiger partial charge in [0.05, 0.1) is 12.6 Å². The molecule has 0 bridgehead atoms. The van der Waals surface area contributed by atoms with Gasteiger partial charge in [0.25, 0.3) is 0 Å². The summed E-state index contributed by atoms with van der Waals surface area (Å²) in [6.07, 6.45) is 3.16. The molecule has 12 heavy (non-hydrogen) atoms. The summed E-state index contributed by atoms with van der Waals surface area (Å²) in [6.45, 7) is 2.01. The van der Waals surface area contributed by atoms with E-state index >= 15 is 0 Å². The molecule has 4 nitrogen and oxygen atoms in total. The van der Waals surface area contributed by atoms with E-state index in [0.29, 0.717) is 11.3 Å². The minimum Gasteiger partial charge on any atom is -0.481 e. The molecule has 0 aromatic carbocycles. The molecule has 0 aliphatic rings. The molecule has 1 rings (SSSR count). The number of nitrogens with zero attached hydrogens (tertiary/aromatic N) is 1. The van der Waals surface area contributed by atoms with Gasteiger partial charge in [0, 0.05) is 12.0 Å². The predicted molar refractivity (Wildman–Crippen MR) is 41.8 cm³/mol. The molecule has 0 spiro atoms. The number of hydrogen-bond donors (Lipinski definition) is 1. The van der Waals surface area contributed by atoms with E-state index < -0.39 is 5.97 Å². The van der Waals surface area contributed by atoms with Gasteiger partial charge in [-0.05, 0) is 6.42 Å². The second-order valence-electron chi connectivity index (χ2n) is 2.59. The summed E-state index contributed by atoms with van der Waals surface area (Å²) in [5.41, 5.74) is 0.685. The van der Waals surface area contributed by atoms with Crippen molar-refractivity contribution in [2.45, 2.75) is 26.2 Å². The highest BCUT2D eigenvalue weighted by molar-refractivity contribution is 5.70. The molecule has 0 unspecified atom stereocenters. The largest absolute Gasteiger partial charge is 0.481 e. The summed E-state index contributed by atoms with van der Waals surface area (Å²) in [5.74, 6) is -0.157. The molecular weight excluding hydrogens is 158 g/mol. The number of aliphatic carboxylic acids is 1. The lowest BCUT2D eigenvalue weighted by Crippen LogP contribution is -2.01. The molecule has 1 heterocycles. The fourth-order valence-corrected chi connectivity index (χ4v) is 1.02. The van der Waals surface area contributed by atoms with E-state index in [0.717, 1.165) is 12.8 Å². The van der Waals surface area contributed by atoms with Gasteiger partial charge in [0.15, 0.2) is 0 Å². The Morgan fingerprint density at radius 2 is 2.50 bits per heavy atom. The highest BCUT2D eigenvalue weighted by atomic mass is 16.5. The number of carbonyl (C=O) groups is 1. The standard InChI is InChI=1S/C8H11NO3/c1-2-3-7-6(4-8(10)11)5-9-12-7/h5H,2-4H2,1H3,(H,10,11). The van der Waals surface area contributed by atoms with Crippen LogP contribution in [0.5, 0.6) is 0 Å². The lowest BCUT2D eigenvalue weighted by atomic mass is 10.1. The van der Waals surface area contributed by atoms with Crippen LogP contribution in [0.25, 0.3) is 0 Å². The topological polar surface area (TPSA) is 63.3 Å². The highest BCUT2D eigenvalue weighted by Gasteiger charge is 2.09. The van der Waals surface area contributed by atoms with Gasteiger partial charge >= 0.3 is 5.97 Å². The van der Waals surface area contributed by atoms with E-state index in [9.17, 15) is 4.79 Å². The molecular formula is C8H11NO3. The molecule has 0 atom stereocenters. The maximum absolute atomic E-state index is 10.4. The molecule has 66 valence electrons. The van der Waals surface area contributed by atoms with Crippen LogP contribution < -0.4 is 0 Å². The minimum atomic E-state index is -0.851. The van der Waals surface area contributed by atoms with Gasteiger partial charge < -0.3 is 9.63 Å². The van der Waals surface area contributed by atoms with Crippen LogP contribution in [-0.4, -0.2) is 16.2 Å². The Kier molecular flexibility index (Phi) is 2.85. The maximum Gasteiger partial charge on any atom is 0.308 e. The van der Waals surface area contributed by atoms with Crippen molar-refractivity contribution in [1.82, 2.24) is 5.16 Å². The van der Waals surface area contributed by atoms with Crippen molar-refractivity contribution in [2.75, 3.05) is 0 Å². The molecule has 0 aliphatic heterocycles. The zero-order valence-electron chi connectivity index (χ0n) is 6.91. The Bertz CT molecular complexity index is 267. The molecule has 1 aromatic rings. The third-order valence-electron chi connectivity index (χ3n) is 1.55. The smallest absolute Gasteiger partial charge is 0.308 e.